The average molecular weight is 360 g/mol. The summed E-state index contributed by atoms with van der Waals surface area (Å²) in [7, 11) is -6.54. The van der Waals surface area contributed by atoms with Crippen molar-refractivity contribution in [2.45, 2.75) is 9.79 Å². The van der Waals surface area contributed by atoms with Gasteiger partial charge in [-0.1, -0.05) is 22.6 Å². The van der Waals surface area contributed by atoms with Crippen LogP contribution in [0.15, 0.2) is 34.1 Å². The van der Waals surface area contributed by atoms with Gasteiger partial charge in [0.15, 0.2) is 19.7 Å². The Labute approximate surface area is 103 Å². The third kappa shape index (κ3) is 3.15. The molecule has 1 aromatic carbocycles. The van der Waals surface area contributed by atoms with Crippen LogP contribution in [0.25, 0.3) is 0 Å². The van der Waals surface area contributed by atoms with Crippen LogP contribution in [0.2, 0.25) is 0 Å². The van der Waals surface area contributed by atoms with Gasteiger partial charge in [-0.2, -0.15) is 0 Å². The van der Waals surface area contributed by atoms with Crippen molar-refractivity contribution in [3.63, 3.8) is 0 Å². The summed E-state index contributed by atoms with van der Waals surface area (Å²) in [6.07, 6.45) is 1.08. The van der Waals surface area contributed by atoms with E-state index >= 15 is 0 Å². The maximum atomic E-state index is 11.4. The molecule has 15 heavy (non-hydrogen) atoms. The zero-order valence-electron chi connectivity index (χ0n) is 7.84. The quantitative estimate of drug-likeness (QED) is 0.601. The van der Waals surface area contributed by atoms with Crippen molar-refractivity contribution in [1.29, 1.82) is 0 Å². The third-order valence-corrected chi connectivity index (χ3v) is 6.62. The molecule has 0 heterocycles. The van der Waals surface area contributed by atoms with Gasteiger partial charge >= 0.3 is 0 Å². The summed E-state index contributed by atoms with van der Waals surface area (Å²) in [5.74, 6) is 0. The second-order valence-electron chi connectivity index (χ2n) is 2.97. The molecule has 0 aliphatic rings. The highest BCUT2D eigenvalue weighted by molar-refractivity contribution is 14.1. The predicted octanol–water partition coefficient (Wildman–Crippen LogP) is 1.26. The fourth-order valence-corrected chi connectivity index (χ4v) is 3.34. The van der Waals surface area contributed by atoms with Gasteiger partial charge in [0.25, 0.3) is 0 Å². The van der Waals surface area contributed by atoms with E-state index in [9.17, 15) is 16.8 Å². The summed E-state index contributed by atoms with van der Waals surface area (Å²) in [5.41, 5.74) is 0. The fourth-order valence-electron chi connectivity index (χ4n) is 0.957. The second-order valence-corrected chi connectivity index (χ2v) is 8.77. The molecular weight excluding hydrogens is 351 g/mol. The molecule has 4 nitrogen and oxygen atoms in total. The van der Waals surface area contributed by atoms with Crippen LogP contribution >= 0.6 is 22.6 Å². The lowest BCUT2D eigenvalue weighted by molar-refractivity contribution is 0.598. The number of hydrogen-bond acceptors (Lipinski definition) is 4. The van der Waals surface area contributed by atoms with Crippen LogP contribution in [0.1, 0.15) is 0 Å². The van der Waals surface area contributed by atoms with Gasteiger partial charge in [0.2, 0.25) is 0 Å². The Hall–Kier alpha value is -0.150. The molecule has 0 aromatic heterocycles. The van der Waals surface area contributed by atoms with E-state index in [4.69, 9.17) is 0 Å². The van der Waals surface area contributed by atoms with E-state index < -0.39 is 19.7 Å². The number of alkyl halides is 1. The first kappa shape index (κ1) is 12.9. The summed E-state index contributed by atoms with van der Waals surface area (Å²) in [4.78, 5) is 0.263. The molecule has 7 heteroatoms. The van der Waals surface area contributed by atoms with Crippen LogP contribution in [0, 0.1) is 0 Å². The molecule has 0 bridgehead atoms. The summed E-state index contributed by atoms with van der Waals surface area (Å²) in [5, 5.41) is 0. The monoisotopic (exact) mass is 360 g/mol. The molecule has 0 N–H and O–H groups in total. The van der Waals surface area contributed by atoms with E-state index in [1.165, 1.54) is 24.3 Å². The van der Waals surface area contributed by atoms with Crippen molar-refractivity contribution in [3.05, 3.63) is 24.3 Å². The lowest BCUT2D eigenvalue weighted by atomic mass is 10.4. The van der Waals surface area contributed by atoms with E-state index in [2.05, 4.69) is 0 Å². The van der Waals surface area contributed by atoms with Gasteiger partial charge < -0.3 is 0 Å². The van der Waals surface area contributed by atoms with Crippen LogP contribution < -0.4 is 0 Å². The van der Waals surface area contributed by atoms with Crippen molar-refractivity contribution < 1.29 is 16.8 Å². The molecule has 0 atom stereocenters. The smallest absolute Gasteiger partial charge is 0.187 e. The molecule has 0 fully saturated rings. The molecule has 0 saturated heterocycles. The molecule has 1 rings (SSSR count). The topological polar surface area (TPSA) is 68.3 Å². The zero-order chi connectivity index (χ0) is 11.7. The van der Waals surface area contributed by atoms with E-state index in [1.54, 1.807) is 22.6 Å². The maximum Gasteiger partial charge on any atom is 0.187 e. The summed E-state index contributed by atoms with van der Waals surface area (Å²) in [6.45, 7) is 0. The van der Waals surface area contributed by atoms with Crippen molar-refractivity contribution in [1.82, 2.24) is 0 Å². The first-order chi connectivity index (χ1) is 6.77. The van der Waals surface area contributed by atoms with Crippen LogP contribution in [0.4, 0.5) is 0 Å². The van der Waals surface area contributed by atoms with Crippen LogP contribution in [0.3, 0.4) is 0 Å². The molecule has 0 aliphatic carbocycles. The van der Waals surface area contributed by atoms with Crippen LogP contribution in [-0.2, 0) is 19.7 Å². The van der Waals surface area contributed by atoms with Crippen LogP contribution in [-0.4, -0.2) is 26.9 Å². The zero-order valence-corrected chi connectivity index (χ0v) is 11.6. The van der Waals surface area contributed by atoms with Crippen molar-refractivity contribution >= 4 is 42.3 Å². The van der Waals surface area contributed by atoms with Gasteiger partial charge in [-0.15, -0.1) is 0 Å². The SMILES string of the molecule is CS(=O)(=O)c1ccc(S(=O)(=O)CI)cc1. The average Bonchev–Trinajstić information content (AvgIpc) is 2.17. The van der Waals surface area contributed by atoms with Gasteiger partial charge in [-0.3, -0.25) is 0 Å². The molecule has 0 saturated carbocycles. The van der Waals surface area contributed by atoms with Crippen molar-refractivity contribution in [2.24, 2.45) is 0 Å². The van der Waals surface area contributed by atoms with Crippen molar-refractivity contribution in [3.8, 4) is 0 Å². The molecule has 0 radical (unpaired) electrons. The third-order valence-electron chi connectivity index (χ3n) is 1.75. The molecule has 0 spiro atoms. The lowest BCUT2D eigenvalue weighted by Crippen LogP contribution is -2.03. The minimum Gasteiger partial charge on any atom is -0.224 e. The maximum absolute atomic E-state index is 11.4. The molecule has 0 amide bonds. The number of rotatable bonds is 3. The first-order valence-corrected chi connectivity index (χ1v) is 8.93. The Morgan fingerprint density at radius 3 is 1.73 bits per heavy atom. The normalized spacial score (nSPS) is 12.7. The van der Waals surface area contributed by atoms with Gasteiger partial charge in [0.05, 0.1) is 9.79 Å². The molecule has 0 unspecified atom stereocenters. The minimum absolute atomic E-state index is 0.0248. The highest BCUT2D eigenvalue weighted by atomic mass is 127. The molecule has 0 aliphatic heterocycles. The van der Waals surface area contributed by atoms with E-state index in [0.29, 0.717) is 0 Å². The molecular formula is C8H9IO4S2. The Balaban J connectivity index is 3.24. The Bertz CT molecular complexity index is 543. The molecule has 84 valence electrons. The van der Waals surface area contributed by atoms with Gasteiger partial charge in [-0.05, 0) is 24.3 Å². The molecule has 1 aromatic rings. The Kier molecular flexibility index (Phi) is 3.77. The summed E-state index contributed by atoms with van der Waals surface area (Å²) >= 11 is 1.75. The Morgan fingerprint density at radius 1 is 1.00 bits per heavy atom. The van der Waals surface area contributed by atoms with E-state index in [-0.39, 0.29) is 13.6 Å². The summed E-state index contributed by atoms with van der Waals surface area (Å²) in [6, 6.07) is 5.22. The summed E-state index contributed by atoms with van der Waals surface area (Å²) < 4.78 is 45.0. The van der Waals surface area contributed by atoms with Crippen LogP contribution in [0.5, 0.6) is 0 Å². The van der Waals surface area contributed by atoms with E-state index in [0.717, 1.165) is 6.26 Å². The van der Waals surface area contributed by atoms with Gasteiger partial charge in [-0.25, -0.2) is 16.8 Å². The minimum atomic E-state index is -3.27. The number of hydrogen-bond donors (Lipinski definition) is 0. The lowest BCUT2D eigenvalue weighted by Gasteiger charge is -2.01. The van der Waals surface area contributed by atoms with Gasteiger partial charge in [0.1, 0.15) is 3.76 Å². The predicted molar refractivity (Wildman–Crippen MR) is 65.6 cm³/mol. The largest absolute Gasteiger partial charge is 0.224 e. The fraction of sp³-hybridized carbons (Fsp3) is 0.250. The first-order valence-electron chi connectivity index (χ1n) is 3.86. The van der Waals surface area contributed by atoms with E-state index in [1.807, 2.05) is 0 Å². The number of halogens is 1. The number of sulfone groups is 2. The van der Waals surface area contributed by atoms with Gasteiger partial charge in [0, 0.05) is 6.26 Å². The second kappa shape index (κ2) is 4.38. The highest BCUT2D eigenvalue weighted by Crippen LogP contribution is 2.16. The standard InChI is InChI=1S/C8H9IO4S2/c1-14(10,11)7-2-4-8(5-3-7)15(12,13)6-9/h2-5H,6H2,1H3. The van der Waals surface area contributed by atoms with Crippen molar-refractivity contribution in [2.75, 3.05) is 10.0 Å². The Morgan fingerprint density at radius 2 is 1.40 bits per heavy atom. The highest BCUT2D eigenvalue weighted by Gasteiger charge is 2.13. The number of benzene rings is 1.